The number of aryl methyl sites for hydroxylation is 1. The van der Waals surface area contributed by atoms with Gasteiger partial charge in [-0.2, -0.15) is 0 Å². The number of aromatic nitrogens is 2. The Balaban J connectivity index is 1.43. The molecule has 2 N–H and O–H groups in total. The predicted octanol–water partition coefficient (Wildman–Crippen LogP) is 3.06. The van der Waals surface area contributed by atoms with Crippen molar-refractivity contribution in [1.29, 1.82) is 0 Å². The van der Waals surface area contributed by atoms with Crippen molar-refractivity contribution in [2.45, 2.75) is 39.0 Å². The minimum Gasteiger partial charge on any atom is -0.350 e. The van der Waals surface area contributed by atoms with Crippen LogP contribution in [0.3, 0.4) is 0 Å². The first-order chi connectivity index (χ1) is 12.1. The molecule has 2 aromatic rings. The van der Waals surface area contributed by atoms with E-state index in [1.807, 2.05) is 17.4 Å². The summed E-state index contributed by atoms with van der Waals surface area (Å²) < 4.78 is 1.81. The van der Waals surface area contributed by atoms with Crippen molar-refractivity contribution in [3.05, 3.63) is 34.7 Å². The van der Waals surface area contributed by atoms with Crippen LogP contribution in [0, 0.1) is 11.3 Å². The van der Waals surface area contributed by atoms with Crippen LogP contribution in [-0.2, 0) is 6.42 Å². The van der Waals surface area contributed by atoms with Gasteiger partial charge in [0.15, 0.2) is 0 Å². The molecule has 4 rings (SSSR count). The molecule has 1 aliphatic heterocycles. The number of pyridine rings is 1. The number of fused-ring (bicyclic) bond motifs is 1. The van der Waals surface area contributed by atoms with Gasteiger partial charge >= 0.3 is 0 Å². The SMILES string of the molecule is CCc1nc2ccc(Cl)cn2c1C(=O)NCC1CC2(CCNCC2)C1. The molecule has 0 radical (unpaired) electrons. The number of rotatable bonds is 4. The highest BCUT2D eigenvalue weighted by atomic mass is 35.5. The highest BCUT2D eigenvalue weighted by Gasteiger charge is 2.44. The van der Waals surface area contributed by atoms with Gasteiger partial charge in [-0.05, 0) is 68.7 Å². The molecular formula is C19H25ClN4O. The number of amides is 1. The molecule has 1 spiro atoms. The Labute approximate surface area is 153 Å². The monoisotopic (exact) mass is 360 g/mol. The van der Waals surface area contributed by atoms with E-state index in [0.717, 1.165) is 37.4 Å². The average Bonchev–Trinajstić information content (AvgIpc) is 2.96. The van der Waals surface area contributed by atoms with Crippen LogP contribution in [0.5, 0.6) is 0 Å². The molecule has 3 heterocycles. The normalized spacial score (nSPS) is 19.9. The van der Waals surface area contributed by atoms with Gasteiger partial charge in [0.2, 0.25) is 0 Å². The molecule has 1 amide bonds. The molecule has 2 aliphatic rings. The second-order valence-corrected chi connectivity index (χ2v) is 8.01. The fourth-order valence-electron chi connectivity index (χ4n) is 4.55. The summed E-state index contributed by atoms with van der Waals surface area (Å²) >= 11 is 6.10. The first-order valence-corrected chi connectivity index (χ1v) is 9.63. The third-order valence-electron chi connectivity index (χ3n) is 5.86. The van der Waals surface area contributed by atoms with E-state index in [2.05, 4.69) is 15.6 Å². The number of hydrogen-bond acceptors (Lipinski definition) is 3. The standard InChI is InChI=1S/C19H25ClN4O/c1-2-15-17(24-12-14(20)3-4-16(24)23-15)18(25)22-11-13-9-19(10-13)5-7-21-8-6-19/h3-4,12-13,21H,2,5-11H2,1H3,(H,22,25). The Morgan fingerprint density at radius 2 is 2.16 bits per heavy atom. The molecule has 2 fully saturated rings. The van der Waals surface area contributed by atoms with E-state index in [0.29, 0.717) is 22.0 Å². The molecule has 0 bridgehead atoms. The number of piperidine rings is 1. The first-order valence-electron chi connectivity index (χ1n) is 9.26. The minimum absolute atomic E-state index is 0.0436. The highest BCUT2D eigenvalue weighted by molar-refractivity contribution is 6.30. The number of hydrogen-bond donors (Lipinski definition) is 2. The van der Waals surface area contributed by atoms with Crippen LogP contribution in [0.15, 0.2) is 18.3 Å². The zero-order chi connectivity index (χ0) is 17.4. The van der Waals surface area contributed by atoms with Gasteiger partial charge in [-0.15, -0.1) is 0 Å². The lowest BCUT2D eigenvalue weighted by molar-refractivity contribution is 0.0219. The van der Waals surface area contributed by atoms with Gasteiger partial charge in [0.05, 0.1) is 10.7 Å². The molecular weight excluding hydrogens is 336 g/mol. The van der Waals surface area contributed by atoms with Gasteiger partial charge in [0, 0.05) is 12.7 Å². The van der Waals surface area contributed by atoms with E-state index in [9.17, 15) is 4.79 Å². The van der Waals surface area contributed by atoms with Crippen molar-refractivity contribution in [1.82, 2.24) is 20.0 Å². The van der Waals surface area contributed by atoms with E-state index in [1.165, 1.54) is 25.7 Å². The van der Waals surface area contributed by atoms with E-state index in [1.54, 1.807) is 12.3 Å². The van der Waals surface area contributed by atoms with Crippen molar-refractivity contribution >= 4 is 23.2 Å². The summed E-state index contributed by atoms with van der Waals surface area (Å²) in [6.45, 7) is 5.06. The smallest absolute Gasteiger partial charge is 0.270 e. The van der Waals surface area contributed by atoms with Crippen LogP contribution < -0.4 is 10.6 Å². The van der Waals surface area contributed by atoms with Crippen molar-refractivity contribution in [3.63, 3.8) is 0 Å². The van der Waals surface area contributed by atoms with Crippen LogP contribution in [0.1, 0.15) is 48.8 Å². The lowest BCUT2D eigenvalue weighted by Crippen LogP contribution is -2.48. The van der Waals surface area contributed by atoms with Crippen molar-refractivity contribution in [2.24, 2.45) is 11.3 Å². The third kappa shape index (κ3) is 3.15. The molecule has 2 aromatic heterocycles. The van der Waals surface area contributed by atoms with Crippen LogP contribution in [0.2, 0.25) is 5.02 Å². The molecule has 134 valence electrons. The molecule has 5 nitrogen and oxygen atoms in total. The molecule has 1 saturated heterocycles. The molecule has 1 saturated carbocycles. The maximum absolute atomic E-state index is 12.8. The Morgan fingerprint density at radius 1 is 1.40 bits per heavy atom. The zero-order valence-electron chi connectivity index (χ0n) is 14.6. The van der Waals surface area contributed by atoms with Crippen molar-refractivity contribution in [3.8, 4) is 0 Å². The van der Waals surface area contributed by atoms with E-state index >= 15 is 0 Å². The largest absolute Gasteiger partial charge is 0.350 e. The summed E-state index contributed by atoms with van der Waals surface area (Å²) in [4.78, 5) is 17.4. The van der Waals surface area contributed by atoms with Gasteiger partial charge in [-0.3, -0.25) is 9.20 Å². The van der Waals surface area contributed by atoms with Crippen molar-refractivity contribution < 1.29 is 4.79 Å². The van der Waals surface area contributed by atoms with Crippen LogP contribution in [0.25, 0.3) is 5.65 Å². The first kappa shape index (κ1) is 16.9. The van der Waals surface area contributed by atoms with Gasteiger partial charge in [0.25, 0.3) is 5.91 Å². The minimum atomic E-state index is -0.0436. The summed E-state index contributed by atoms with van der Waals surface area (Å²) in [5.41, 5.74) is 2.76. The highest BCUT2D eigenvalue weighted by Crippen LogP contribution is 2.51. The Morgan fingerprint density at radius 3 is 2.88 bits per heavy atom. The second-order valence-electron chi connectivity index (χ2n) is 7.57. The summed E-state index contributed by atoms with van der Waals surface area (Å²) in [6.07, 6.45) is 7.54. The Bertz CT molecular complexity index is 786. The Hall–Kier alpha value is -1.59. The number of imidazole rings is 1. The fourth-order valence-corrected chi connectivity index (χ4v) is 4.71. The quantitative estimate of drug-likeness (QED) is 0.881. The summed E-state index contributed by atoms with van der Waals surface area (Å²) in [7, 11) is 0. The predicted molar refractivity (Wildman–Crippen MR) is 99.2 cm³/mol. The maximum atomic E-state index is 12.8. The lowest BCUT2D eigenvalue weighted by Gasteiger charge is -2.50. The number of carbonyl (C=O) groups is 1. The van der Waals surface area contributed by atoms with Crippen molar-refractivity contribution in [2.75, 3.05) is 19.6 Å². The molecule has 1 aliphatic carbocycles. The van der Waals surface area contributed by atoms with Gasteiger partial charge in [0.1, 0.15) is 11.3 Å². The van der Waals surface area contributed by atoms with Gasteiger partial charge in [-0.25, -0.2) is 4.98 Å². The topological polar surface area (TPSA) is 58.4 Å². The number of nitrogens with one attached hydrogen (secondary N) is 2. The molecule has 0 unspecified atom stereocenters. The average molecular weight is 361 g/mol. The summed E-state index contributed by atoms with van der Waals surface area (Å²) in [5, 5.41) is 7.18. The number of carbonyl (C=O) groups excluding carboxylic acids is 1. The van der Waals surface area contributed by atoms with E-state index in [4.69, 9.17) is 11.6 Å². The molecule has 0 aromatic carbocycles. The van der Waals surface area contributed by atoms with E-state index < -0.39 is 0 Å². The fraction of sp³-hybridized carbons (Fsp3) is 0.579. The molecule has 0 atom stereocenters. The Kier molecular flexibility index (Phi) is 4.46. The zero-order valence-corrected chi connectivity index (χ0v) is 15.4. The molecule has 6 heteroatoms. The summed E-state index contributed by atoms with van der Waals surface area (Å²) in [5.74, 6) is 0.563. The number of nitrogens with zero attached hydrogens (tertiary/aromatic N) is 2. The second kappa shape index (κ2) is 6.61. The lowest BCUT2D eigenvalue weighted by atomic mass is 9.58. The van der Waals surface area contributed by atoms with Crippen LogP contribution in [0.4, 0.5) is 0 Å². The van der Waals surface area contributed by atoms with Crippen LogP contribution in [-0.4, -0.2) is 34.9 Å². The maximum Gasteiger partial charge on any atom is 0.270 e. The van der Waals surface area contributed by atoms with Crippen LogP contribution >= 0.6 is 11.6 Å². The third-order valence-corrected chi connectivity index (χ3v) is 6.09. The summed E-state index contributed by atoms with van der Waals surface area (Å²) in [6, 6.07) is 3.66. The number of halogens is 1. The van der Waals surface area contributed by atoms with Gasteiger partial charge in [-0.1, -0.05) is 18.5 Å². The molecule has 25 heavy (non-hydrogen) atoms. The van der Waals surface area contributed by atoms with E-state index in [-0.39, 0.29) is 5.91 Å². The van der Waals surface area contributed by atoms with Gasteiger partial charge < -0.3 is 10.6 Å².